The first-order chi connectivity index (χ1) is 5.00. The van der Waals surface area contributed by atoms with Crippen LogP contribution in [0.4, 0.5) is 0 Å². The van der Waals surface area contributed by atoms with Gasteiger partial charge in [0.05, 0.1) is 6.61 Å². The molecule has 0 heterocycles. The summed E-state index contributed by atoms with van der Waals surface area (Å²) in [5.41, 5.74) is 0. The average Bonchev–Trinajstić information content (AvgIpc) is 1.88. The van der Waals surface area contributed by atoms with Gasteiger partial charge >= 0.3 is 37.2 Å². The Morgan fingerprint density at radius 1 is 1.50 bits per heavy atom. The van der Waals surface area contributed by atoms with Gasteiger partial charge in [0.2, 0.25) is 0 Å². The van der Waals surface area contributed by atoms with Crippen LogP contribution in [0.1, 0.15) is 6.42 Å². The molecule has 0 fully saturated rings. The maximum atomic E-state index is 10.6. The summed E-state index contributed by atoms with van der Waals surface area (Å²) in [7, 11) is -3.16. The molecule has 0 aromatic carbocycles. The van der Waals surface area contributed by atoms with Crippen molar-refractivity contribution >= 4 is 47.4 Å². The second-order valence-corrected chi connectivity index (χ2v) is 4.95. The van der Waals surface area contributed by atoms with Crippen LogP contribution in [0, 0.1) is 0 Å². The zero-order valence-corrected chi connectivity index (χ0v) is 9.20. The van der Waals surface area contributed by atoms with E-state index in [1.54, 1.807) is 0 Å². The fourth-order valence-electron chi connectivity index (χ4n) is 0.406. The van der Waals surface area contributed by atoms with Crippen molar-refractivity contribution in [3.05, 3.63) is 0 Å². The van der Waals surface area contributed by atoms with Gasteiger partial charge in [-0.2, -0.15) is 0 Å². The van der Waals surface area contributed by atoms with E-state index < -0.39 is 13.6 Å². The molecule has 0 radical (unpaired) electrons. The molecule has 70 valence electrons. The zero-order chi connectivity index (χ0) is 8.91. The Bertz CT molecular complexity index is 154. The molecule has 5 nitrogen and oxygen atoms in total. The Hall–Kier alpha value is 1.29. The summed E-state index contributed by atoms with van der Waals surface area (Å²) in [5, 5.41) is 16.6. The summed E-state index contributed by atoms with van der Waals surface area (Å²) in [6.07, 6.45) is 0.684. The minimum atomic E-state index is -4.17. The first-order valence-corrected chi connectivity index (χ1v) is 6.40. The summed E-state index contributed by atoms with van der Waals surface area (Å²) in [6, 6.07) is -1.32. The topological polar surface area (TPSA) is 87.0 Å². The third-order valence-corrected chi connectivity index (χ3v) is 2.91. The monoisotopic (exact) mass is 224 g/mol. The average molecular weight is 224 g/mol. The van der Waals surface area contributed by atoms with Crippen LogP contribution in [-0.4, -0.2) is 67.5 Å². The van der Waals surface area contributed by atoms with Gasteiger partial charge in [-0.15, -0.1) is 0 Å². The van der Waals surface area contributed by atoms with E-state index in [2.05, 4.69) is 4.52 Å². The van der Waals surface area contributed by atoms with Gasteiger partial charge in [-0.25, -0.2) is 0 Å². The van der Waals surface area contributed by atoms with Crippen molar-refractivity contribution in [2.75, 3.05) is 6.61 Å². The molecule has 0 aliphatic heterocycles. The number of rotatable bonds is 5. The predicted octanol–water partition coefficient (Wildman–Crippen LogP) is -2.02. The molecule has 0 rings (SSSR count). The van der Waals surface area contributed by atoms with Crippen LogP contribution in [0.25, 0.3) is 0 Å². The van der Waals surface area contributed by atoms with Crippen LogP contribution >= 0.6 is 7.60 Å². The number of hydrogen-bond acceptors (Lipinski definition) is 4. The molecule has 3 N–H and O–H groups in total. The molecule has 0 bridgehead atoms. The quantitative estimate of drug-likeness (QED) is 0.217. The summed E-state index contributed by atoms with van der Waals surface area (Å²) < 4.78 is 15.0. The molecule has 0 spiro atoms. The fourth-order valence-corrected chi connectivity index (χ4v) is 1.22. The molecule has 1 unspecified atom stereocenters. The van der Waals surface area contributed by atoms with Gasteiger partial charge in [0.1, 0.15) is 0 Å². The van der Waals surface area contributed by atoms with Gasteiger partial charge < -0.3 is 19.6 Å². The van der Waals surface area contributed by atoms with Gasteiger partial charge in [-0.3, -0.25) is 4.57 Å². The van der Waals surface area contributed by atoms with Gasteiger partial charge in [-0.05, 0) is 6.42 Å². The van der Waals surface area contributed by atoms with Crippen LogP contribution in [0.5, 0.6) is 0 Å². The molecular weight excluding hydrogens is 210 g/mol. The standard InChI is InChI=1S/C4H13O5PSi.Na.H/c5-4(6)10(7,8)9-2-1-3-11;;/h4-6H,1-3H2,11H3,(H,7,8);;. The van der Waals surface area contributed by atoms with Gasteiger partial charge in [0.25, 0.3) is 6.03 Å². The Morgan fingerprint density at radius 3 is 2.33 bits per heavy atom. The van der Waals surface area contributed by atoms with Crippen molar-refractivity contribution in [1.29, 1.82) is 0 Å². The van der Waals surface area contributed by atoms with E-state index in [0.717, 1.165) is 16.3 Å². The van der Waals surface area contributed by atoms with Crippen LogP contribution < -0.4 is 0 Å². The predicted molar refractivity (Wildman–Crippen MR) is 50.5 cm³/mol. The normalized spacial score (nSPS) is 15.7. The van der Waals surface area contributed by atoms with E-state index >= 15 is 0 Å². The molecule has 0 saturated heterocycles. The Morgan fingerprint density at radius 2 is 2.00 bits per heavy atom. The third-order valence-electron chi connectivity index (χ3n) is 1.07. The van der Waals surface area contributed by atoms with Crippen LogP contribution in [-0.2, 0) is 9.09 Å². The SMILES string of the molecule is O=P(O)(OCCC[SiH3])C(O)O.[NaH]. The Labute approximate surface area is 96.4 Å². The maximum absolute atomic E-state index is 10.6. The third kappa shape index (κ3) is 6.77. The molecule has 0 aliphatic carbocycles. The van der Waals surface area contributed by atoms with Crippen LogP contribution in [0.15, 0.2) is 0 Å². The Balaban J connectivity index is 0. The van der Waals surface area contributed by atoms with Crippen molar-refractivity contribution in [2.24, 2.45) is 0 Å². The van der Waals surface area contributed by atoms with E-state index in [-0.39, 0.29) is 36.2 Å². The number of aliphatic hydroxyl groups excluding tert-OH is 1. The molecule has 0 aromatic heterocycles. The first kappa shape index (κ1) is 15.7. The zero-order valence-electron chi connectivity index (χ0n) is 6.30. The molecule has 8 heteroatoms. The molecule has 12 heavy (non-hydrogen) atoms. The van der Waals surface area contributed by atoms with Crippen molar-refractivity contribution in [1.82, 2.24) is 0 Å². The van der Waals surface area contributed by atoms with E-state index in [9.17, 15) is 4.57 Å². The fraction of sp³-hybridized carbons (Fsp3) is 1.00. The van der Waals surface area contributed by atoms with Crippen molar-refractivity contribution in [3.63, 3.8) is 0 Å². The van der Waals surface area contributed by atoms with Crippen molar-refractivity contribution < 1.29 is 24.2 Å². The van der Waals surface area contributed by atoms with E-state index in [0.29, 0.717) is 6.42 Å². The van der Waals surface area contributed by atoms with E-state index in [1.807, 2.05) is 0 Å². The van der Waals surface area contributed by atoms with Crippen LogP contribution in [0.2, 0.25) is 6.04 Å². The number of aliphatic hydroxyl groups is 2. The van der Waals surface area contributed by atoms with Crippen LogP contribution in [0.3, 0.4) is 0 Å². The molecule has 0 saturated carbocycles. The van der Waals surface area contributed by atoms with Gasteiger partial charge in [-0.1, -0.05) is 6.04 Å². The summed E-state index contributed by atoms with van der Waals surface area (Å²) in [6.45, 7) is 0.106. The molecule has 1 atom stereocenters. The second kappa shape index (κ2) is 7.67. The molecule has 0 amide bonds. The van der Waals surface area contributed by atoms with E-state index in [4.69, 9.17) is 15.1 Å². The molecular formula is C4H14NaO5PSi. The summed E-state index contributed by atoms with van der Waals surface area (Å²) >= 11 is 0. The Kier molecular flexibility index (Phi) is 10.1. The summed E-state index contributed by atoms with van der Waals surface area (Å²) in [5.74, 6) is 0. The van der Waals surface area contributed by atoms with Gasteiger partial charge in [0.15, 0.2) is 0 Å². The van der Waals surface area contributed by atoms with Crippen molar-refractivity contribution in [3.8, 4) is 0 Å². The number of hydrogen-bond donors (Lipinski definition) is 3. The minimum absolute atomic E-state index is 0. The second-order valence-electron chi connectivity index (χ2n) is 2.10. The first-order valence-electron chi connectivity index (χ1n) is 3.34. The van der Waals surface area contributed by atoms with E-state index in [1.165, 1.54) is 0 Å². The van der Waals surface area contributed by atoms with Crippen molar-refractivity contribution in [2.45, 2.75) is 18.5 Å². The van der Waals surface area contributed by atoms with Gasteiger partial charge in [0, 0.05) is 10.2 Å². The molecule has 0 aromatic rings. The summed E-state index contributed by atoms with van der Waals surface area (Å²) in [4.78, 5) is 8.66. The molecule has 0 aliphatic rings.